The van der Waals surface area contributed by atoms with Gasteiger partial charge in [0.05, 0.1) is 11.5 Å². The van der Waals surface area contributed by atoms with Crippen LogP contribution in [0.5, 0.6) is 0 Å². The van der Waals surface area contributed by atoms with Gasteiger partial charge in [0.1, 0.15) is 0 Å². The number of nitriles is 1. The van der Waals surface area contributed by atoms with E-state index in [0.717, 1.165) is 24.2 Å². The molecule has 0 bridgehead atoms. The van der Waals surface area contributed by atoms with E-state index in [0.29, 0.717) is 5.92 Å². The van der Waals surface area contributed by atoms with Crippen LogP contribution in [0.1, 0.15) is 77.6 Å². The zero-order chi connectivity index (χ0) is 16.1. The number of nitrogens with zero attached hydrogens (tertiary/aromatic N) is 1. The molecular formula is C22H33N. The molecule has 2 fully saturated rings. The molecule has 0 amide bonds. The SMILES string of the molecule is CCCC1CCC(C2CCC(C3(C#N)C=CC=CC3)CC2)CC1. The summed E-state index contributed by atoms with van der Waals surface area (Å²) in [5.74, 6) is 3.55. The van der Waals surface area contributed by atoms with E-state index in [-0.39, 0.29) is 5.41 Å². The van der Waals surface area contributed by atoms with Gasteiger partial charge in [-0.1, -0.05) is 56.9 Å². The Kier molecular flexibility index (Phi) is 5.62. The summed E-state index contributed by atoms with van der Waals surface area (Å²) in [6.07, 6.45) is 23.5. The fourth-order valence-corrected chi connectivity index (χ4v) is 5.58. The van der Waals surface area contributed by atoms with Crippen molar-refractivity contribution in [2.75, 3.05) is 0 Å². The van der Waals surface area contributed by atoms with Gasteiger partial charge in [-0.2, -0.15) is 5.26 Å². The minimum absolute atomic E-state index is 0.196. The molecule has 0 radical (unpaired) electrons. The van der Waals surface area contributed by atoms with Crippen molar-refractivity contribution in [3.63, 3.8) is 0 Å². The third kappa shape index (κ3) is 3.73. The maximum Gasteiger partial charge on any atom is 0.0818 e. The van der Waals surface area contributed by atoms with Crippen LogP contribution in [-0.2, 0) is 0 Å². The van der Waals surface area contributed by atoms with Crippen molar-refractivity contribution in [2.24, 2.45) is 29.1 Å². The standard InChI is InChI=1S/C22H33N/c1-2-6-18-7-9-19(10-8-18)20-11-13-21(14-12-20)22(17-23)15-4-3-5-16-22/h3-5,15,18-21H,2,6-14,16H2,1H3. The molecule has 1 heteroatoms. The first-order valence-corrected chi connectivity index (χ1v) is 10.0. The van der Waals surface area contributed by atoms with E-state index in [4.69, 9.17) is 0 Å². The summed E-state index contributed by atoms with van der Waals surface area (Å²) in [6.45, 7) is 2.33. The molecule has 0 aromatic carbocycles. The molecular weight excluding hydrogens is 278 g/mol. The van der Waals surface area contributed by atoms with Crippen molar-refractivity contribution in [1.29, 1.82) is 5.26 Å². The van der Waals surface area contributed by atoms with E-state index in [1.807, 2.05) is 0 Å². The quantitative estimate of drug-likeness (QED) is 0.587. The third-order valence-electron chi connectivity index (χ3n) is 7.06. The first-order valence-electron chi connectivity index (χ1n) is 10.0. The molecule has 1 nitrogen and oxygen atoms in total. The van der Waals surface area contributed by atoms with E-state index >= 15 is 0 Å². The maximum atomic E-state index is 9.75. The molecule has 1 unspecified atom stereocenters. The first kappa shape index (κ1) is 16.8. The Balaban J connectivity index is 1.50. The van der Waals surface area contributed by atoms with E-state index in [1.54, 1.807) is 0 Å². The zero-order valence-corrected chi connectivity index (χ0v) is 14.8. The summed E-state index contributed by atoms with van der Waals surface area (Å²) in [4.78, 5) is 0. The molecule has 3 aliphatic carbocycles. The van der Waals surface area contributed by atoms with Crippen LogP contribution in [0.2, 0.25) is 0 Å². The topological polar surface area (TPSA) is 23.8 Å². The smallest absolute Gasteiger partial charge is 0.0818 e. The molecule has 3 rings (SSSR count). The lowest BCUT2D eigenvalue weighted by Crippen LogP contribution is -2.33. The molecule has 1 atom stereocenters. The van der Waals surface area contributed by atoms with E-state index in [9.17, 15) is 5.26 Å². The highest BCUT2D eigenvalue weighted by molar-refractivity contribution is 5.25. The van der Waals surface area contributed by atoms with Crippen LogP contribution in [0, 0.1) is 40.4 Å². The van der Waals surface area contributed by atoms with Crippen LogP contribution in [-0.4, -0.2) is 0 Å². The Morgan fingerprint density at radius 2 is 1.61 bits per heavy atom. The number of hydrogen-bond donors (Lipinski definition) is 0. The van der Waals surface area contributed by atoms with Gasteiger partial charge in [0.15, 0.2) is 0 Å². The van der Waals surface area contributed by atoms with Gasteiger partial charge >= 0.3 is 0 Å². The molecule has 0 N–H and O–H groups in total. The number of hydrogen-bond acceptors (Lipinski definition) is 1. The van der Waals surface area contributed by atoms with Crippen LogP contribution >= 0.6 is 0 Å². The second-order valence-corrected chi connectivity index (χ2v) is 8.32. The molecule has 0 spiro atoms. The van der Waals surface area contributed by atoms with Gasteiger partial charge in [-0.15, -0.1) is 0 Å². The lowest BCUT2D eigenvalue weighted by atomic mass is 9.62. The van der Waals surface area contributed by atoms with Gasteiger partial charge in [-0.25, -0.2) is 0 Å². The average molecular weight is 312 g/mol. The van der Waals surface area contributed by atoms with E-state index < -0.39 is 0 Å². The largest absolute Gasteiger partial charge is 0.197 e. The third-order valence-corrected chi connectivity index (χ3v) is 7.06. The van der Waals surface area contributed by atoms with E-state index in [1.165, 1.54) is 64.2 Å². The van der Waals surface area contributed by atoms with Gasteiger partial charge in [0.2, 0.25) is 0 Å². The van der Waals surface area contributed by atoms with Crippen LogP contribution in [0.3, 0.4) is 0 Å². The minimum Gasteiger partial charge on any atom is -0.197 e. The van der Waals surface area contributed by atoms with Crippen LogP contribution < -0.4 is 0 Å². The van der Waals surface area contributed by atoms with E-state index in [2.05, 4.69) is 37.3 Å². The Morgan fingerprint density at radius 3 is 2.13 bits per heavy atom. The Morgan fingerprint density at radius 1 is 0.957 bits per heavy atom. The van der Waals surface area contributed by atoms with Crippen molar-refractivity contribution in [1.82, 2.24) is 0 Å². The highest BCUT2D eigenvalue weighted by Gasteiger charge is 2.40. The Labute approximate surface area is 142 Å². The molecule has 0 aliphatic heterocycles. The molecule has 0 aromatic rings. The normalized spacial score (nSPS) is 40.7. The zero-order valence-electron chi connectivity index (χ0n) is 14.8. The lowest BCUT2D eigenvalue weighted by molar-refractivity contribution is 0.117. The average Bonchev–Trinajstić information content (AvgIpc) is 2.63. The minimum atomic E-state index is -0.196. The first-order chi connectivity index (χ1) is 11.3. The molecule has 3 aliphatic rings. The van der Waals surface area contributed by atoms with Crippen LogP contribution in [0.25, 0.3) is 0 Å². The van der Waals surface area contributed by atoms with Crippen molar-refractivity contribution < 1.29 is 0 Å². The molecule has 0 saturated heterocycles. The second kappa shape index (κ2) is 7.69. The Bertz CT molecular complexity index is 467. The van der Waals surface area contributed by atoms with Gasteiger partial charge in [0.25, 0.3) is 0 Å². The summed E-state index contributed by atoms with van der Waals surface area (Å²) in [5.41, 5.74) is -0.196. The van der Waals surface area contributed by atoms with Crippen LogP contribution in [0.4, 0.5) is 0 Å². The molecule has 0 heterocycles. The van der Waals surface area contributed by atoms with Crippen molar-refractivity contribution in [3.05, 3.63) is 24.3 Å². The summed E-state index contributed by atoms with van der Waals surface area (Å²) in [7, 11) is 0. The lowest BCUT2D eigenvalue weighted by Gasteiger charge is -2.42. The van der Waals surface area contributed by atoms with Crippen molar-refractivity contribution >= 4 is 0 Å². The highest BCUT2D eigenvalue weighted by Crippen LogP contribution is 2.48. The van der Waals surface area contributed by atoms with Gasteiger partial charge in [-0.05, 0) is 68.6 Å². The summed E-state index contributed by atoms with van der Waals surface area (Å²) < 4.78 is 0. The van der Waals surface area contributed by atoms with Crippen molar-refractivity contribution in [3.8, 4) is 6.07 Å². The van der Waals surface area contributed by atoms with Gasteiger partial charge in [0, 0.05) is 0 Å². The maximum absolute atomic E-state index is 9.75. The molecule has 2 saturated carbocycles. The molecule has 0 aromatic heterocycles. The predicted octanol–water partition coefficient (Wildman–Crippen LogP) is 6.43. The Hall–Kier alpha value is -1.03. The summed E-state index contributed by atoms with van der Waals surface area (Å²) in [6, 6.07) is 2.66. The fourth-order valence-electron chi connectivity index (χ4n) is 5.58. The van der Waals surface area contributed by atoms with Gasteiger partial charge < -0.3 is 0 Å². The molecule has 126 valence electrons. The second-order valence-electron chi connectivity index (χ2n) is 8.32. The number of allylic oxidation sites excluding steroid dienone is 4. The van der Waals surface area contributed by atoms with Gasteiger partial charge in [-0.3, -0.25) is 0 Å². The fraction of sp³-hybridized carbons (Fsp3) is 0.773. The summed E-state index contributed by atoms with van der Waals surface area (Å²) >= 11 is 0. The molecule has 23 heavy (non-hydrogen) atoms. The number of rotatable bonds is 4. The predicted molar refractivity (Wildman–Crippen MR) is 96.7 cm³/mol. The highest BCUT2D eigenvalue weighted by atomic mass is 14.5. The van der Waals surface area contributed by atoms with Crippen LogP contribution in [0.15, 0.2) is 24.3 Å². The monoisotopic (exact) mass is 311 g/mol. The van der Waals surface area contributed by atoms with Crippen molar-refractivity contribution in [2.45, 2.75) is 77.6 Å². The summed E-state index contributed by atoms with van der Waals surface area (Å²) in [5, 5.41) is 9.75.